The summed E-state index contributed by atoms with van der Waals surface area (Å²) in [5.41, 5.74) is 5.98. The highest BCUT2D eigenvalue weighted by Gasteiger charge is 2.33. The van der Waals surface area contributed by atoms with E-state index in [0.29, 0.717) is 25.1 Å². The molecule has 2 rings (SSSR count). The number of nitrogens with two attached hydrogens (primary N) is 1. The third-order valence-electron chi connectivity index (χ3n) is 3.58. The molecule has 1 fully saturated rings. The predicted molar refractivity (Wildman–Crippen MR) is 75.3 cm³/mol. The van der Waals surface area contributed by atoms with Crippen LogP contribution in [0.15, 0.2) is 18.2 Å². The van der Waals surface area contributed by atoms with Gasteiger partial charge in [0, 0.05) is 30.6 Å². The topological polar surface area (TPSA) is 66.6 Å². The highest BCUT2D eigenvalue weighted by Crippen LogP contribution is 2.23. The first-order valence-corrected chi connectivity index (χ1v) is 6.97. The highest BCUT2D eigenvalue weighted by molar-refractivity contribution is 6.30. The van der Waals surface area contributed by atoms with Crippen LogP contribution >= 0.6 is 11.6 Å². The number of hydrogen-bond donors (Lipinski definition) is 2. The maximum atomic E-state index is 13.3. The van der Waals surface area contributed by atoms with Crippen molar-refractivity contribution in [1.29, 1.82) is 0 Å². The van der Waals surface area contributed by atoms with Crippen LogP contribution in [-0.4, -0.2) is 48.1 Å². The van der Waals surface area contributed by atoms with Gasteiger partial charge in [0.05, 0.1) is 11.6 Å². The van der Waals surface area contributed by atoms with E-state index in [-0.39, 0.29) is 29.4 Å². The van der Waals surface area contributed by atoms with Gasteiger partial charge in [0.2, 0.25) is 0 Å². The summed E-state index contributed by atoms with van der Waals surface area (Å²) in [6.07, 6.45) is 0.701. The minimum absolute atomic E-state index is 0.0229. The lowest BCUT2D eigenvalue weighted by molar-refractivity contribution is 0.0605. The van der Waals surface area contributed by atoms with Crippen molar-refractivity contribution < 1.29 is 14.3 Å². The summed E-state index contributed by atoms with van der Waals surface area (Å²) in [7, 11) is 0. The number of ketones is 1. The number of rotatable bonds is 6. The highest BCUT2D eigenvalue weighted by atomic mass is 35.5. The molecule has 0 bridgehead atoms. The lowest BCUT2D eigenvalue weighted by Gasteiger charge is -2.38. The average Bonchev–Trinajstić information content (AvgIpc) is 2.39. The second-order valence-electron chi connectivity index (χ2n) is 5.18. The number of aliphatic hydroxyl groups excluding tert-OH is 1. The van der Waals surface area contributed by atoms with Crippen molar-refractivity contribution in [1.82, 2.24) is 4.90 Å². The zero-order valence-corrected chi connectivity index (χ0v) is 11.8. The van der Waals surface area contributed by atoms with Gasteiger partial charge < -0.3 is 15.7 Å². The maximum absolute atomic E-state index is 13.3. The molecule has 6 heteroatoms. The third-order valence-corrected chi connectivity index (χ3v) is 3.89. The first-order chi connectivity index (χ1) is 9.51. The van der Waals surface area contributed by atoms with Gasteiger partial charge in [0.25, 0.3) is 0 Å². The van der Waals surface area contributed by atoms with Crippen molar-refractivity contribution in [2.45, 2.75) is 12.5 Å². The van der Waals surface area contributed by atoms with Gasteiger partial charge in [-0.2, -0.15) is 0 Å². The van der Waals surface area contributed by atoms with Crippen molar-refractivity contribution in [2.75, 3.05) is 26.2 Å². The first kappa shape index (κ1) is 15.4. The van der Waals surface area contributed by atoms with E-state index < -0.39 is 5.82 Å². The van der Waals surface area contributed by atoms with Crippen LogP contribution in [0.25, 0.3) is 0 Å². The molecule has 1 saturated heterocycles. The zero-order chi connectivity index (χ0) is 14.7. The molecule has 0 amide bonds. The minimum Gasteiger partial charge on any atom is -0.395 e. The van der Waals surface area contributed by atoms with E-state index in [2.05, 4.69) is 4.90 Å². The maximum Gasteiger partial charge on any atom is 0.168 e. The zero-order valence-electron chi connectivity index (χ0n) is 11.1. The summed E-state index contributed by atoms with van der Waals surface area (Å²) in [6, 6.07) is 3.93. The number of hydrogen-bond acceptors (Lipinski definition) is 4. The van der Waals surface area contributed by atoms with E-state index in [1.807, 2.05) is 0 Å². The van der Waals surface area contributed by atoms with Crippen LogP contribution in [0.3, 0.4) is 0 Å². The van der Waals surface area contributed by atoms with E-state index in [4.69, 9.17) is 22.4 Å². The molecule has 1 aromatic carbocycles. The number of benzene rings is 1. The van der Waals surface area contributed by atoms with Gasteiger partial charge in [-0.25, -0.2) is 4.39 Å². The summed E-state index contributed by atoms with van der Waals surface area (Å²) >= 11 is 5.59. The molecule has 0 radical (unpaired) electrons. The molecule has 0 aliphatic carbocycles. The lowest BCUT2D eigenvalue weighted by Crippen LogP contribution is -2.51. The smallest absolute Gasteiger partial charge is 0.168 e. The number of Topliss-reactive ketones (excluding diaryl/α,β-unsaturated/α-hetero) is 1. The number of carbonyl (C=O) groups is 1. The van der Waals surface area contributed by atoms with Crippen LogP contribution in [0.5, 0.6) is 0 Å². The van der Waals surface area contributed by atoms with E-state index in [1.54, 1.807) is 6.07 Å². The number of halogens is 2. The fourth-order valence-electron chi connectivity index (χ4n) is 2.24. The molecule has 1 atom stereocenters. The number of aliphatic hydroxyl groups is 1. The summed E-state index contributed by atoms with van der Waals surface area (Å²) in [6.45, 7) is 2.04. The van der Waals surface area contributed by atoms with Gasteiger partial charge in [0.1, 0.15) is 5.82 Å². The minimum atomic E-state index is -0.567. The Morgan fingerprint density at radius 2 is 2.25 bits per heavy atom. The SMILES string of the molecule is N[C@H](CO)CCN1CC(C(=O)c2ccc(Cl)c(F)c2)C1. The van der Waals surface area contributed by atoms with E-state index in [9.17, 15) is 9.18 Å². The third kappa shape index (κ3) is 3.55. The number of likely N-dealkylation sites (tertiary alicyclic amines) is 1. The van der Waals surface area contributed by atoms with Crippen LogP contribution in [0.2, 0.25) is 5.02 Å². The molecule has 110 valence electrons. The second-order valence-corrected chi connectivity index (χ2v) is 5.59. The van der Waals surface area contributed by atoms with Crippen molar-refractivity contribution in [2.24, 2.45) is 11.7 Å². The lowest BCUT2D eigenvalue weighted by atomic mass is 9.90. The molecule has 1 aromatic rings. The van der Waals surface area contributed by atoms with Gasteiger partial charge in [-0.1, -0.05) is 11.6 Å². The van der Waals surface area contributed by atoms with E-state index >= 15 is 0 Å². The Morgan fingerprint density at radius 3 is 2.85 bits per heavy atom. The Kier molecular flexibility index (Phi) is 5.10. The summed E-state index contributed by atoms with van der Waals surface area (Å²) in [5, 5.41) is 8.85. The van der Waals surface area contributed by atoms with Gasteiger partial charge in [-0.05, 0) is 31.2 Å². The predicted octanol–water partition coefficient (Wildman–Crippen LogP) is 1.30. The Morgan fingerprint density at radius 1 is 1.55 bits per heavy atom. The first-order valence-electron chi connectivity index (χ1n) is 6.59. The van der Waals surface area contributed by atoms with E-state index in [1.165, 1.54) is 12.1 Å². The summed E-state index contributed by atoms with van der Waals surface area (Å²) < 4.78 is 13.3. The molecule has 20 heavy (non-hydrogen) atoms. The summed E-state index contributed by atoms with van der Waals surface area (Å²) in [4.78, 5) is 14.2. The van der Waals surface area contributed by atoms with Gasteiger partial charge in [0.15, 0.2) is 5.78 Å². The largest absolute Gasteiger partial charge is 0.395 e. The Hall–Kier alpha value is -1.01. The Labute approximate surface area is 122 Å². The molecular formula is C14H18ClFN2O2. The van der Waals surface area contributed by atoms with Crippen LogP contribution in [0, 0.1) is 11.7 Å². The van der Waals surface area contributed by atoms with E-state index in [0.717, 1.165) is 6.54 Å². The molecule has 1 heterocycles. The Bertz CT molecular complexity index is 492. The van der Waals surface area contributed by atoms with Crippen LogP contribution < -0.4 is 5.73 Å². The molecule has 0 aromatic heterocycles. The molecule has 0 spiro atoms. The monoisotopic (exact) mass is 300 g/mol. The van der Waals surface area contributed by atoms with Crippen molar-refractivity contribution in [3.63, 3.8) is 0 Å². The van der Waals surface area contributed by atoms with Crippen LogP contribution in [-0.2, 0) is 0 Å². The van der Waals surface area contributed by atoms with Gasteiger partial charge in [-0.3, -0.25) is 4.79 Å². The van der Waals surface area contributed by atoms with Crippen LogP contribution in [0.4, 0.5) is 4.39 Å². The normalized spacial score (nSPS) is 17.8. The molecule has 4 nitrogen and oxygen atoms in total. The summed E-state index contributed by atoms with van der Waals surface area (Å²) in [5.74, 6) is -0.716. The molecular weight excluding hydrogens is 283 g/mol. The van der Waals surface area contributed by atoms with Crippen LogP contribution in [0.1, 0.15) is 16.8 Å². The molecule has 1 aliphatic heterocycles. The van der Waals surface area contributed by atoms with Gasteiger partial charge in [-0.15, -0.1) is 0 Å². The molecule has 0 saturated carbocycles. The molecule has 0 unspecified atom stereocenters. The molecule has 1 aliphatic rings. The van der Waals surface area contributed by atoms with Gasteiger partial charge >= 0.3 is 0 Å². The average molecular weight is 301 g/mol. The standard InChI is InChI=1S/C14H18ClFN2O2/c15-12-2-1-9(5-13(12)16)14(20)10-6-18(7-10)4-3-11(17)8-19/h1-2,5,10-11,19H,3-4,6-8,17H2/t11-/m0/s1. The fourth-order valence-corrected chi connectivity index (χ4v) is 2.36. The second kappa shape index (κ2) is 6.63. The fraction of sp³-hybridized carbons (Fsp3) is 0.500. The number of nitrogens with zero attached hydrogens (tertiary/aromatic N) is 1. The molecule has 3 N–H and O–H groups in total. The van der Waals surface area contributed by atoms with Crippen molar-refractivity contribution in [3.05, 3.63) is 34.6 Å². The van der Waals surface area contributed by atoms with Crippen molar-refractivity contribution in [3.8, 4) is 0 Å². The number of carbonyl (C=O) groups excluding carboxylic acids is 1. The van der Waals surface area contributed by atoms with Crippen molar-refractivity contribution >= 4 is 17.4 Å². The quantitative estimate of drug-likeness (QED) is 0.777. The Balaban J connectivity index is 1.83.